The Morgan fingerprint density at radius 2 is 1.85 bits per heavy atom. The molecule has 10 nitrogen and oxygen atoms in total. The molecule has 1 atom stereocenters. The van der Waals surface area contributed by atoms with E-state index in [-0.39, 0.29) is 23.5 Å². The van der Waals surface area contributed by atoms with Crippen molar-refractivity contribution in [1.29, 1.82) is 0 Å². The lowest BCUT2D eigenvalue weighted by molar-refractivity contribution is 0.1000. The van der Waals surface area contributed by atoms with Crippen molar-refractivity contribution in [3.8, 4) is 5.75 Å². The Morgan fingerprint density at radius 1 is 1.07 bits per heavy atom. The first-order valence-corrected chi connectivity index (χ1v) is 16.0. The molecule has 1 saturated carbocycles. The monoisotopic (exact) mass is 576 g/mol. The van der Waals surface area contributed by atoms with Gasteiger partial charge in [-0.2, -0.15) is 0 Å². The lowest BCUT2D eigenvalue weighted by Gasteiger charge is -2.34. The number of aromatic nitrogens is 4. The van der Waals surface area contributed by atoms with Gasteiger partial charge in [0.25, 0.3) is 0 Å². The molecule has 3 N–H and O–H groups in total. The maximum atomic E-state index is 13.5. The topological polar surface area (TPSA) is 144 Å². The van der Waals surface area contributed by atoms with Crippen molar-refractivity contribution >= 4 is 37.9 Å². The molecular formula is C30H36N6O4S. The number of aryl methyl sites for hydroxylation is 1. The van der Waals surface area contributed by atoms with Gasteiger partial charge in [0.2, 0.25) is 15.9 Å². The first kappa shape index (κ1) is 27.6. The summed E-state index contributed by atoms with van der Waals surface area (Å²) in [5.41, 5.74) is 8.48. The minimum Gasteiger partial charge on any atom is -0.493 e. The molecule has 0 bridgehead atoms. The van der Waals surface area contributed by atoms with E-state index in [2.05, 4.69) is 15.0 Å². The summed E-state index contributed by atoms with van der Waals surface area (Å²) in [7, 11) is -3.37. The molecule has 1 aromatic carbocycles. The van der Waals surface area contributed by atoms with Gasteiger partial charge < -0.3 is 15.5 Å². The van der Waals surface area contributed by atoms with Crippen molar-refractivity contribution in [1.82, 2.24) is 24.2 Å². The van der Waals surface area contributed by atoms with Gasteiger partial charge in [0.05, 0.1) is 29.8 Å². The van der Waals surface area contributed by atoms with Crippen LogP contribution in [-0.4, -0.2) is 64.0 Å². The van der Waals surface area contributed by atoms with Crippen LogP contribution in [0.4, 0.5) is 0 Å². The average Bonchev–Trinajstić information content (AvgIpc) is 3.45. The van der Waals surface area contributed by atoms with E-state index >= 15 is 0 Å². The number of nitrogens with two attached hydrogens (primary N) is 1. The molecule has 3 aromatic heterocycles. The third-order valence-electron chi connectivity index (χ3n) is 8.57. The van der Waals surface area contributed by atoms with Crippen LogP contribution in [-0.2, 0) is 10.0 Å². The highest BCUT2D eigenvalue weighted by atomic mass is 32.2. The zero-order valence-corrected chi connectivity index (χ0v) is 24.1. The maximum Gasteiger partial charge on any atom is 0.248 e. The van der Waals surface area contributed by atoms with Crippen molar-refractivity contribution in [2.75, 3.05) is 25.4 Å². The van der Waals surface area contributed by atoms with E-state index in [0.717, 1.165) is 72.0 Å². The summed E-state index contributed by atoms with van der Waals surface area (Å²) in [6.07, 6.45) is 8.98. The number of rotatable bonds is 8. The van der Waals surface area contributed by atoms with Crippen LogP contribution >= 0.6 is 0 Å². The van der Waals surface area contributed by atoms with Crippen molar-refractivity contribution in [3.05, 3.63) is 59.8 Å². The van der Waals surface area contributed by atoms with Crippen molar-refractivity contribution in [2.45, 2.75) is 51.4 Å². The molecule has 4 aromatic rings. The fraction of sp³-hybridized carbons (Fsp3) is 0.467. The van der Waals surface area contributed by atoms with E-state index in [4.69, 9.17) is 15.5 Å². The Labute approximate surface area is 239 Å². The number of carbonyl (C=O) groups excluding carboxylic acids is 1. The van der Waals surface area contributed by atoms with Crippen molar-refractivity contribution in [2.24, 2.45) is 17.6 Å². The highest BCUT2D eigenvalue weighted by Gasteiger charge is 2.34. The summed E-state index contributed by atoms with van der Waals surface area (Å²) in [6, 6.07) is 8.74. The second-order valence-electron chi connectivity index (χ2n) is 11.5. The van der Waals surface area contributed by atoms with Crippen LogP contribution in [0.3, 0.4) is 0 Å². The van der Waals surface area contributed by atoms with Crippen LogP contribution in [0.15, 0.2) is 42.7 Å². The molecule has 0 radical (unpaired) electrons. The van der Waals surface area contributed by atoms with Gasteiger partial charge in [0.1, 0.15) is 17.2 Å². The molecular weight excluding hydrogens is 540 g/mol. The molecule has 41 heavy (non-hydrogen) atoms. The first-order chi connectivity index (χ1) is 19.8. The normalized spacial score (nSPS) is 22.2. The number of carbonyl (C=O) groups is 1. The van der Waals surface area contributed by atoms with Gasteiger partial charge in [0, 0.05) is 47.5 Å². The number of nitrogens with one attached hydrogen (secondary N) is 1. The Hall–Kier alpha value is -3.57. The van der Waals surface area contributed by atoms with Gasteiger partial charge in [-0.3, -0.25) is 4.79 Å². The largest absolute Gasteiger partial charge is 0.493 e. The zero-order valence-electron chi connectivity index (χ0n) is 23.3. The molecule has 2 aliphatic rings. The number of primary amides is 1. The fourth-order valence-corrected chi connectivity index (χ4v) is 8.41. The van der Waals surface area contributed by atoms with Crippen LogP contribution in [0, 0.1) is 18.8 Å². The standard InChI is InChI=1S/C30H36N6O4S/c1-19-34-26-15-33-30-25(12-13-32-30)27(26)28(35-19)22-6-4-20(5-7-22)18-41(38,39)36-14-2-3-21(16-36)17-40-24-10-8-23(9-11-24)29(31)37/h8-13,15,20-22H,2-7,14,16-18H2,1H3,(H2,31,37)(H,32,33). The summed E-state index contributed by atoms with van der Waals surface area (Å²) in [5.74, 6) is 1.63. The zero-order chi connectivity index (χ0) is 28.6. The van der Waals surface area contributed by atoms with Crippen LogP contribution in [0.25, 0.3) is 21.9 Å². The van der Waals surface area contributed by atoms with Gasteiger partial charge in [0.15, 0.2) is 0 Å². The number of aromatic amines is 1. The van der Waals surface area contributed by atoms with E-state index in [1.807, 2.05) is 19.2 Å². The van der Waals surface area contributed by atoms with E-state index in [1.54, 1.807) is 34.8 Å². The van der Waals surface area contributed by atoms with Gasteiger partial charge in [-0.25, -0.2) is 27.7 Å². The molecule has 1 unspecified atom stereocenters. The number of fused-ring (bicyclic) bond motifs is 3. The highest BCUT2D eigenvalue weighted by Crippen LogP contribution is 2.40. The molecule has 6 rings (SSSR count). The van der Waals surface area contributed by atoms with Crippen LogP contribution in [0.2, 0.25) is 0 Å². The third kappa shape index (κ3) is 5.92. The molecule has 1 aliphatic carbocycles. The quantitative estimate of drug-likeness (QED) is 0.318. The Balaban J connectivity index is 1.06. The lowest BCUT2D eigenvalue weighted by Crippen LogP contribution is -2.43. The van der Waals surface area contributed by atoms with Crippen LogP contribution in [0.1, 0.15) is 66.3 Å². The minimum atomic E-state index is -3.37. The number of piperidine rings is 1. The second-order valence-corrected chi connectivity index (χ2v) is 13.5. The minimum absolute atomic E-state index is 0.124. The Bertz CT molecular complexity index is 1660. The Morgan fingerprint density at radius 3 is 2.61 bits per heavy atom. The van der Waals surface area contributed by atoms with Crippen molar-refractivity contribution < 1.29 is 17.9 Å². The number of amides is 1. The molecule has 4 heterocycles. The van der Waals surface area contributed by atoms with E-state index in [0.29, 0.717) is 31.0 Å². The SMILES string of the molecule is Cc1nc(C2CCC(CS(=O)(=O)N3CCCC(COc4ccc(C(N)=O)cc4)C3)CC2)c2c(cnc3[nH]ccc32)n1. The molecule has 1 saturated heterocycles. The molecule has 2 fully saturated rings. The van der Waals surface area contributed by atoms with E-state index < -0.39 is 15.9 Å². The van der Waals surface area contributed by atoms with E-state index in [1.165, 1.54) is 0 Å². The molecule has 1 amide bonds. The maximum absolute atomic E-state index is 13.5. The number of pyridine rings is 1. The number of sulfonamides is 1. The van der Waals surface area contributed by atoms with E-state index in [9.17, 15) is 13.2 Å². The summed E-state index contributed by atoms with van der Waals surface area (Å²) in [4.78, 5) is 28.5. The lowest BCUT2D eigenvalue weighted by atomic mass is 9.80. The summed E-state index contributed by atoms with van der Waals surface area (Å²) in [5, 5.41) is 2.09. The van der Waals surface area contributed by atoms with Crippen molar-refractivity contribution in [3.63, 3.8) is 0 Å². The predicted octanol–water partition coefficient (Wildman–Crippen LogP) is 4.31. The molecule has 216 valence electrons. The molecule has 11 heteroatoms. The third-order valence-corrected chi connectivity index (χ3v) is 10.6. The highest BCUT2D eigenvalue weighted by molar-refractivity contribution is 7.89. The number of benzene rings is 1. The van der Waals surface area contributed by atoms with Gasteiger partial charge >= 0.3 is 0 Å². The number of hydrogen-bond acceptors (Lipinski definition) is 7. The van der Waals surface area contributed by atoms with Crippen LogP contribution < -0.4 is 10.5 Å². The molecule has 0 spiro atoms. The first-order valence-electron chi connectivity index (χ1n) is 14.4. The predicted molar refractivity (Wildman–Crippen MR) is 157 cm³/mol. The smallest absolute Gasteiger partial charge is 0.248 e. The summed E-state index contributed by atoms with van der Waals surface area (Å²) < 4.78 is 34.5. The average molecular weight is 577 g/mol. The van der Waals surface area contributed by atoms with Gasteiger partial charge in [-0.1, -0.05) is 0 Å². The van der Waals surface area contributed by atoms with Crippen LogP contribution in [0.5, 0.6) is 5.75 Å². The number of ether oxygens (including phenoxy) is 1. The van der Waals surface area contributed by atoms with Gasteiger partial charge in [-0.15, -0.1) is 0 Å². The summed E-state index contributed by atoms with van der Waals surface area (Å²) >= 11 is 0. The molecule has 1 aliphatic heterocycles. The second kappa shape index (κ2) is 11.4. The fourth-order valence-electron chi connectivity index (χ4n) is 6.43. The number of hydrogen-bond donors (Lipinski definition) is 2. The Kier molecular flexibility index (Phi) is 7.65. The van der Waals surface area contributed by atoms with Gasteiger partial charge in [-0.05, 0) is 81.7 Å². The number of nitrogens with zero attached hydrogens (tertiary/aromatic N) is 4. The number of H-pyrrole nitrogens is 1. The summed E-state index contributed by atoms with van der Waals surface area (Å²) in [6.45, 7) is 3.39.